The van der Waals surface area contributed by atoms with E-state index < -0.39 is 23.9 Å². The number of rotatable bonds is 3. The fraction of sp³-hybridized carbons (Fsp3) is 0.500. The summed E-state index contributed by atoms with van der Waals surface area (Å²) in [5.74, 6) is -0.431. The summed E-state index contributed by atoms with van der Waals surface area (Å²) < 4.78 is 45.9. The van der Waals surface area contributed by atoms with Gasteiger partial charge in [0.2, 0.25) is 11.8 Å². The first-order valence-corrected chi connectivity index (χ1v) is 4.09. The van der Waals surface area contributed by atoms with Crippen molar-refractivity contribution < 1.29 is 27.8 Å². The van der Waals surface area contributed by atoms with Gasteiger partial charge in [-0.1, -0.05) is 0 Å². The summed E-state index contributed by atoms with van der Waals surface area (Å²) in [5, 5.41) is 8.98. The molecule has 8 heteroatoms. The summed E-state index contributed by atoms with van der Waals surface area (Å²) in [6.07, 6.45) is -6.59. The Balaban J connectivity index is 3.14. The van der Waals surface area contributed by atoms with E-state index in [0.717, 1.165) is 13.3 Å². The lowest BCUT2D eigenvalue weighted by molar-refractivity contribution is -0.208. The van der Waals surface area contributed by atoms with Crippen LogP contribution < -0.4 is 9.47 Å². The van der Waals surface area contributed by atoms with Gasteiger partial charge in [-0.25, -0.2) is 4.98 Å². The average Bonchev–Trinajstić information content (AvgIpc) is 2.26. The van der Waals surface area contributed by atoms with E-state index in [4.69, 9.17) is 5.11 Å². The smallest absolute Gasteiger partial charge is 0.420 e. The maximum atomic E-state index is 12.2. The largest absolute Gasteiger partial charge is 0.480 e. The molecule has 1 atom stereocenters. The molecule has 0 bridgehead atoms. The van der Waals surface area contributed by atoms with Crippen LogP contribution in [0.5, 0.6) is 11.8 Å². The molecule has 0 amide bonds. The van der Waals surface area contributed by atoms with Crippen LogP contribution in [0.1, 0.15) is 11.8 Å². The zero-order chi connectivity index (χ0) is 12.3. The first-order chi connectivity index (χ1) is 7.40. The lowest BCUT2D eigenvalue weighted by Crippen LogP contribution is -2.22. The fourth-order valence-electron chi connectivity index (χ4n) is 0.957. The summed E-state index contributed by atoms with van der Waals surface area (Å²) in [4.78, 5) is 6.98. The second-order valence-electron chi connectivity index (χ2n) is 2.75. The van der Waals surface area contributed by atoms with E-state index in [1.807, 2.05) is 0 Å². The minimum Gasteiger partial charge on any atom is -0.480 e. The predicted octanol–water partition coefficient (Wildman–Crippen LogP) is 1.09. The number of alkyl halides is 3. The summed E-state index contributed by atoms with van der Waals surface area (Å²) in [7, 11) is 2.40. The Labute approximate surface area is 88.8 Å². The van der Waals surface area contributed by atoms with Gasteiger partial charge in [0, 0.05) is 0 Å². The van der Waals surface area contributed by atoms with Crippen LogP contribution in [0.15, 0.2) is 6.20 Å². The number of ether oxygens (including phenoxy) is 2. The first-order valence-electron chi connectivity index (χ1n) is 4.09. The van der Waals surface area contributed by atoms with Gasteiger partial charge in [0.25, 0.3) is 0 Å². The maximum absolute atomic E-state index is 12.2. The van der Waals surface area contributed by atoms with Gasteiger partial charge in [-0.3, -0.25) is 0 Å². The molecular formula is C8H9F3N2O3. The second-order valence-corrected chi connectivity index (χ2v) is 2.75. The lowest BCUT2D eigenvalue weighted by Gasteiger charge is -2.15. The van der Waals surface area contributed by atoms with Gasteiger partial charge < -0.3 is 14.6 Å². The molecule has 0 aliphatic heterocycles. The van der Waals surface area contributed by atoms with E-state index >= 15 is 0 Å². The summed E-state index contributed by atoms with van der Waals surface area (Å²) >= 11 is 0. The van der Waals surface area contributed by atoms with Gasteiger partial charge in [0.05, 0.1) is 20.4 Å². The average molecular weight is 238 g/mol. The normalized spacial score (nSPS) is 13.4. The Kier molecular flexibility index (Phi) is 3.53. The van der Waals surface area contributed by atoms with Crippen LogP contribution in [-0.2, 0) is 0 Å². The monoisotopic (exact) mass is 238 g/mol. The Bertz CT molecular complexity index is 370. The number of nitrogens with zero attached hydrogens (tertiary/aromatic N) is 2. The molecule has 0 spiro atoms. The third-order valence-electron chi connectivity index (χ3n) is 1.72. The van der Waals surface area contributed by atoms with Gasteiger partial charge in [0.1, 0.15) is 5.69 Å². The summed E-state index contributed by atoms with van der Waals surface area (Å²) in [6.45, 7) is 0. The zero-order valence-corrected chi connectivity index (χ0v) is 8.45. The van der Waals surface area contributed by atoms with E-state index in [1.165, 1.54) is 7.11 Å². The molecule has 0 saturated heterocycles. The molecule has 0 unspecified atom stereocenters. The molecule has 0 aliphatic rings. The summed E-state index contributed by atoms with van der Waals surface area (Å²) in [6, 6.07) is 0. The van der Waals surface area contributed by atoms with Gasteiger partial charge in [-0.05, 0) is 0 Å². The van der Waals surface area contributed by atoms with Crippen LogP contribution in [0, 0.1) is 0 Å². The number of methoxy groups -OCH3 is 2. The fourth-order valence-corrected chi connectivity index (χ4v) is 0.957. The molecule has 90 valence electrons. The van der Waals surface area contributed by atoms with E-state index in [-0.39, 0.29) is 5.88 Å². The molecule has 0 radical (unpaired) electrons. The molecule has 5 nitrogen and oxygen atoms in total. The predicted molar refractivity (Wildman–Crippen MR) is 46.2 cm³/mol. The number of aromatic nitrogens is 2. The summed E-state index contributed by atoms with van der Waals surface area (Å²) in [5.41, 5.74) is -0.698. The number of halogens is 3. The van der Waals surface area contributed by atoms with E-state index in [9.17, 15) is 13.2 Å². The highest BCUT2D eigenvalue weighted by Crippen LogP contribution is 2.35. The minimum absolute atomic E-state index is 0.00465. The van der Waals surface area contributed by atoms with E-state index in [1.54, 1.807) is 0 Å². The van der Waals surface area contributed by atoms with Gasteiger partial charge >= 0.3 is 6.18 Å². The molecule has 1 rings (SSSR count). The van der Waals surface area contributed by atoms with Crippen molar-refractivity contribution in [3.05, 3.63) is 11.9 Å². The Morgan fingerprint density at radius 3 is 2.38 bits per heavy atom. The van der Waals surface area contributed by atoms with Crippen LogP contribution in [0.2, 0.25) is 0 Å². The molecule has 1 aromatic heterocycles. The van der Waals surface area contributed by atoms with Crippen molar-refractivity contribution in [1.29, 1.82) is 0 Å². The number of aliphatic hydroxyl groups is 1. The number of hydrogen-bond acceptors (Lipinski definition) is 5. The number of aliphatic hydroxyl groups excluding tert-OH is 1. The maximum Gasteiger partial charge on any atom is 0.420 e. The Hall–Kier alpha value is -1.57. The molecule has 0 saturated carbocycles. The third-order valence-corrected chi connectivity index (χ3v) is 1.72. The van der Waals surface area contributed by atoms with Gasteiger partial charge in [-0.15, -0.1) is 0 Å². The third kappa shape index (κ3) is 2.51. The van der Waals surface area contributed by atoms with Crippen LogP contribution in [0.4, 0.5) is 13.2 Å². The second kappa shape index (κ2) is 4.52. The minimum atomic E-state index is -4.82. The first kappa shape index (κ1) is 12.5. The topological polar surface area (TPSA) is 64.5 Å². The van der Waals surface area contributed by atoms with Crippen molar-refractivity contribution in [2.75, 3.05) is 14.2 Å². The molecule has 0 aliphatic carbocycles. The van der Waals surface area contributed by atoms with Crippen molar-refractivity contribution in [2.45, 2.75) is 12.3 Å². The standard InChI is InChI=1S/C8H9F3N2O3/c1-15-4-3-12-5(7(13-4)16-2)6(14)8(9,10)11/h3,6,14H,1-2H3/t6-/m0/s1. The van der Waals surface area contributed by atoms with E-state index in [0.29, 0.717) is 0 Å². The van der Waals surface area contributed by atoms with Crippen LogP contribution in [-0.4, -0.2) is 35.5 Å². The Morgan fingerprint density at radius 2 is 1.94 bits per heavy atom. The highest BCUT2D eigenvalue weighted by molar-refractivity contribution is 5.25. The van der Waals surface area contributed by atoms with Crippen molar-refractivity contribution >= 4 is 0 Å². The SMILES string of the molecule is COc1cnc([C@H](O)C(F)(F)F)c(OC)n1. The molecule has 1 N–H and O–H groups in total. The van der Waals surface area contributed by atoms with Gasteiger partial charge in [0.15, 0.2) is 6.10 Å². The molecule has 0 fully saturated rings. The van der Waals surface area contributed by atoms with Crippen molar-refractivity contribution in [1.82, 2.24) is 9.97 Å². The molecular weight excluding hydrogens is 229 g/mol. The molecule has 16 heavy (non-hydrogen) atoms. The Morgan fingerprint density at radius 1 is 1.31 bits per heavy atom. The van der Waals surface area contributed by atoms with Crippen LogP contribution in [0.25, 0.3) is 0 Å². The van der Waals surface area contributed by atoms with Crippen LogP contribution >= 0.6 is 0 Å². The zero-order valence-electron chi connectivity index (χ0n) is 8.45. The van der Waals surface area contributed by atoms with Crippen LogP contribution in [0.3, 0.4) is 0 Å². The van der Waals surface area contributed by atoms with Crippen molar-refractivity contribution in [2.24, 2.45) is 0 Å². The quantitative estimate of drug-likeness (QED) is 0.853. The van der Waals surface area contributed by atoms with Gasteiger partial charge in [-0.2, -0.15) is 18.2 Å². The van der Waals surface area contributed by atoms with Crippen molar-refractivity contribution in [3.8, 4) is 11.8 Å². The molecule has 1 heterocycles. The number of hydrogen-bond donors (Lipinski definition) is 1. The highest BCUT2D eigenvalue weighted by atomic mass is 19.4. The van der Waals surface area contributed by atoms with E-state index in [2.05, 4.69) is 19.4 Å². The lowest BCUT2D eigenvalue weighted by atomic mass is 10.2. The molecule has 0 aromatic carbocycles. The highest BCUT2D eigenvalue weighted by Gasteiger charge is 2.42. The molecule has 1 aromatic rings. The van der Waals surface area contributed by atoms with Crippen molar-refractivity contribution in [3.63, 3.8) is 0 Å².